The van der Waals surface area contributed by atoms with Crippen LogP contribution in [0.3, 0.4) is 0 Å². The number of carbonyl (C=O) groups is 1. The molecular weight excluding hydrogens is 264 g/mol. The largest absolute Gasteiger partial charge is 0.396 e. The van der Waals surface area contributed by atoms with E-state index in [0.29, 0.717) is 17.1 Å². The van der Waals surface area contributed by atoms with E-state index in [4.69, 9.17) is 16.7 Å². The van der Waals surface area contributed by atoms with Crippen LogP contribution in [0.15, 0.2) is 12.3 Å². The summed E-state index contributed by atoms with van der Waals surface area (Å²) in [5.74, 6) is -0.141. The maximum absolute atomic E-state index is 12.3. The van der Waals surface area contributed by atoms with Crippen molar-refractivity contribution in [2.24, 2.45) is 0 Å². The van der Waals surface area contributed by atoms with Gasteiger partial charge in [-0.15, -0.1) is 0 Å². The molecule has 5 heteroatoms. The first-order valence-electron chi connectivity index (χ1n) is 6.74. The fourth-order valence-corrected chi connectivity index (χ4v) is 2.22. The van der Waals surface area contributed by atoms with E-state index in [1.54, 1.807) is 12.3 Å². The lowest BCUT2D eigenvalue weighted by molar-refractivity contribution is 0.0876. The molecule has 1 amide bonds. The minimum absolute atomic E-state index is 0.0569. The van der Waals surface area contributed by atoms with Crippen molar-refractivity contribution in [1.29, 1.82) is 0 Å². The minimum atomic E-state index is -0.389. The summed E-state index contributed by atoms with van der Waals surface area (Å²) in [7, 11) is 0. The van der Waals surface area contributed by atoms with E-state index in [1.165, 1.54) is 0 Å². The van der Waals surface area contributed by atoms with Crippen molar-refractivity contribution in [3.05, 3.63) is 23.0 Å². The quantitative estimate of drug-likeness (QED) is 0.810. The van der Waals surface area contributed by atoms with Crippen LogP contribution in [-0.4, -0.2) is 27.7 Å². The number of hydrogen-bond donors (Lipinski definition) is 2. The summed E-state index contributed by atoms with van der Waals surface area (Å²) in [5.41, 5.74) is 0.184. The molecule has 0 spiro atoms. The molecule has 0 radical (unpaired) electrons. The molecule has 0 aliphatic rings. The maximum Gasteiger partial charge on any atom is 0.268 e. The number of aliphatic hydroxyl groups is 1. The lowest BCUT2D eigenvalue weighted by Gasteiger charge is -2.29. The first-order chi connectivity index (χ1) is 8.95. The van der Waals surface area contributed by atoms with Crippen molar-refractivity contribution in [1.82, 2.24) is 9.88 Å². The van der Waals surface area contributed by atoms with Gasteiger partial charge >= 0.3 is 0 Å². The van der Waals surface area contributed by atoms with Crippen LogP contribution in [0.5, 0.6) is 0 Å². The highest BCUT2D eigenvalue weighted by Crippen LogP contribution is 2.18. The standard InChI is InChI=1S/C14H23ClN2O2/c1-4-7-17-10-11(15)9-12(17)13(19)16-14(3,5-2)6-8-18/h9-10,18H,4-8H2,1-3H3,(H,16,19). The Balaban J connectivity index is 2.88. The molecule has 0 saturated heterocycles. The normalized spacial score (nSPS) is 14.2. The zero-order valence-corrected chi connectivity index (χ0v) is 12.6. The van der Waals surface area contributed by atoms with E-state index in [-0.39, 0.29) is 18.1 Å². The third-order valence-corrected chi connectivity index (χ3v) is 3.63. The number of amides is 1. The van der Waals surface area contributed by atoms with Crippen molar-refractivity contribution >= 4 is 17.5 Å². The molecule has 1 heterocycles. The number of halogens is 1. The van der Waals surface area contributed by atoms with Crippen molar-refractivity contribution in [2.75, 3.05) is 6.61 Å². The molecule has 0 aromatic carbocycles. The lowest BCUT2D eigenvalue weighted by Crippen LogP contribution is -2.46. The zero-order chi connectivity index (χ0) is 14.5. The van der Waals surface area contributed by atoms with Crippen LogP contribution >= 0.6 is 11.6 Å². The third kappa shape index (κ3) is 4.25. The second kappa shape index (κ2) is 6.96. The summed E-state index contributed by atoms with van der Waals surface area (Å²) in [6.07, 6.45) is 4.02. The number of aromatic nitrogens is 1. The Kier molecular flexibility index (Phi) is 5.88. The van der Waals surface area contributed by atoms with Gasteiger partial charge in [-0.1, -0.05) is 25.4 Å². The lowest BCUT2D eigenvalue weighted by atomic mass is 9.95. The molecule has 0 aliphatic carbocycles. The van der Waals surface area contributed by atoms with Crippen LogP contribution in [-0.2, 0) is 6.54 Å². The van der Waals surface area contributed by atoms with E-state index in [2.05, 4.69) is 12.2 Å². The van der Waals surface area contributed by atoms with Gasteiger partial charge in [0.25, 0.3) is 5.91 Å². The van der Waals surface area contributed by atoms with E-state index in [9.17, 15) is 4.79 Å². The molecule has 4 nitrogen and oxygen atoms in total. The summed E-state index contributed by atoms with van der Waals surface area (Å²) in [6, 6.07) is 1.68. The molecule has 1 unspecified atom stereocenters. The Morgan fingerprint density at radius 1 is 1.53 bits per heavy atom. The van der Waals surface area contributed by atoms with Crippen LogP contribution in [0.25, 0.3) is 0 Å². The van der Waals surface area contributed by atoms with Gasteiger partial charge < -0.3 is 15.0 Å². The number of rotatable bonds is 7. The number of nitrogens with one attached hydrogen (secondary N) is 1. The second-order valence-electron chi connectivity index (χ2n) is 5.08. The Morgan fingerprint density at radius 3 is 2.74 bits per heavy atom. The van der Waals surface area contributed by atoms with Crippen LogP contribution in [0, 0.1) is 0 Å². The average molecular weight is 287 g/mol. The molecule has 0 bridgehead atoms. The monoisotopic (exact) mass is 286 g/mol. The Hall–Kier alpha value is -1.00. The van der Waals surface area contributed by atoms with Crippen molar-refractivity contribution < 1.29 is 9.90 Å². The predicted octanol–water partition coefficient (Wildman–Crippen LogP) is 2.83. The molecule has 19 heavy (non-hydrogen) atoms. The average Bonchev–Trinajstić information content (AvgIpc) is 2.71. The Morgan fingerprint density at radius 2 is 2.21 bits per heavy atom. The molecule has 2 N–H and O–H groups in total. The molecule has 108 valence electrons. The van der Waals surface area contributed by atoms with Gasteiger partial charge in [0.05, 0.1) is 5.02 Å². The van der Waals surface area contributed by atoms with E-state index < -0.39 is 0 Å². The van der Waals surface area contributed by atoms with E-state index >= 15 is 0 Å². The molecule has 1 atom stereocenters. The number of aryl methyl sites for hydroxylation is 1. The highest BCUT2D eigenvalue weighted by atomic mass is 35.5. The SMILES string of the molecule is CCCn1cc(Cl)cc1C(=O)NC(C)(CC)CCO. The molecular formula is C14H23ClN2O2. The third-order valence-electron chi connectivity index (χ3n) is 3.42. The van der Waals surface area contributed by atoms with Gasteiger partial charge in [-0.05, 0) is 32.3 Å². The molecule has 0 fully saturated rings. The zero-order valence-electron chi connectivity index (χ0n) is 11.9. The number of nitrogens with zero attached hydrogens (tertiary/aromatic N) is 1. The first kappa shape index (κ1) is 16.1. The Bertz CT molecular complexity index is 431. The maximum atomic E-state index is 12.3. The number of aliphatic hydroxyl groups excluding tert-OH is 1. The number of carbonyl (C=O) groups excluding carboxylic acids is 1. The first-order valence-corrected chi connectivity index (χ1v) is 7.12. The van der Waals surface area contributed by atoms with Crippen LogP contribution in [0.4, 0.5) is 0 Å². The summed E-state index contributed by atoms with van der Waals surface area (Å²) in [6.45, 7) is 6.81. The van der Waals surface area contributed by atoms with Gasteiger partial charge in [0.1, 0.15) is 5.69 Å². The fraction of sp³-hybridized carbons (Fsp3) is 0.643. The summed E-state index contributed by atoms with van der Waals surface area (Å²) < 4.78 is 1.87. The van der Waals surface area contributed by atoms with Crippen molar-refractivity contribution in [3.63, 3.8) is 0 Å². The van der Waals surface area contributed by atoms with E-state index in [1.807, 2.05) is 18.4 Å². The van der Waals surface area contributed by atoms with Crippen LogP contribution < -0.4 is 5.32 Å². The summed E-state index contributed by atoms with van der Waals surface area (Å²) in [4.78, 5) is 12.3. The predicted molar refractivity (Wildman–Crippen MR) is 77.6 cm³/mol. The summed E-state index contributed by atoms with van der Waals surface area (Å²) in [5, 5.41) is 12.6. The van der Waals surface area contributed by atoms with E-state index in [0.717, 1.165) is 19.4 Å². The van der Waals surface area contributed by atoms with Gasteiger partial charge in [-0.2, -0.15) is 0 Å². The smallest absolute Gasteiger partial charge is 0.268 e. The molecule has 1 aromatic heterocycles. The summed E-state index contributed by atoms with van der Waals surface area (Å²) >= 11 is 5.97. The molecule has 1 rings (SSSR count). The highest BCUT2D eigenvalue weighted by Gasteiger charge is 2.25. The van der Waals surface area contributed by atoms with Crippen LogP contribution in [0.2, 0.25) is 5.02 Å². The Labute approximate surface area is 119 Å². The van der Waals surface area contributed by atoms with Gasteiger partial charge in [-0.3, -0.25) is 4.79 Å². The van der Waals surface area contributed by atoms with Gasteiger partial charge in [0.2, 0.25) is 0 Å². The molecule has 0 aliphatic heterocycles. The van der Waals surface area contributed by atoms with Crippen LogP contribution in [0.1, 0.15) is 50.5 Å². The highest BCUT2D eigenvalue weighted by molar-refractivity contribution is 6.31. The molecule has 0 saturated carbocycles. The van der Waals surface area contributed by atoms with Gasteiger partial charge in [-0.25, -0.2) is 0 Å². The fourth-order valence-electron chi connectivity index (χ4n) is 2.00. The van der Waals surface area contributed by atoms with Gasteiger partial charge in [0, 0.05) is 24.9 Å². The van der Waals surface area contributed by atoms with Gasteiger partial charge in [0.15, 0.2) is 0 Å². The number of hydrogen-bond acceptors (Lipinski definition) is 2. The topological polar surface area (TPSA) is 54.3 Å². The second-order valence-corrected chi connectivity index (χ2v) is 5.52. The van der Waals surface area contributed by atoms with Crippen molar-refractivity contribution in [3.8, 4) is 0 Å². The van der Waals surface area contributed by atoms with Crippen molar-refractivity contribution in [2.45, 2.75) is 52.1 Å². The molecule has 1 aromatic rings. The minimum Gasteiger partial charge on any atom is -0.396 e.